The average Bonchev–Trinajstić information content (AvgIpc) is 2.31. The molecule has 0 radical (unpaired) electrons. The van der Waals surface area contributed by atoms with E-state index in [0.717, 1.165) is 6.42 Å². The highest BCUT2D eigenvalue weighted by Gasteiger charge is 2.24. The molecular formula is C8H7Br2N. The molecule has 0 amide bonds. The van der Waals surface area contributed by atoms with Crippen molar-refractivity contribution >= 4 is 37.9 Å². The van der Waals surface area contributed by atoms with Crippen LogP contribution in [0.5, 0.6) is 0 Å². The Hall–Kier alpha value is -0.0200. The highest BCUT2D eigenvalue weighted by molar-refractivity contribution is 9.25. The van der Waals surface area contributed by atoms with E-state index in [1.165, 1.54) is 11.3 Å². The van der Waals surface area contributed by atoms with Gasteiger partial charge < -0.3 is 4.98 Å². The van der Waals surface area contributed by atoms with Gasteiger partial charge in [-0.25, -0.2) is 0 Å². The van der Waals surface area contributed by atoms with Crippen LogP contribution in [0.15, 0.2) is 18.3 Å². The Morgan fingerprint density at radius 1 is 1.45 bits per heavy atom. The summed E-state index contributed by atoms with van der Waals surface area (Å²) in [6, 6.07) is 2.11. The summed E-state index contributed by atoms with van der Waals surface area (Å²) in [7, 11) is 0. The Kier molecular flexibility index (Phi) is 1.72. The average molecular weight is 277 g/mol. The number of aromatic nitrogens is 1. The lowest BCUT2D eigenvalue weighted by Crippen LogP contribution is -2.14. The van der Waals surface area contributed by atoms with E-state index < -0.39 is 0 Å². The van der Waals surface area contributed by atoms with E-state index in [2.05, 4.69) is 55.1 Å². The van der Waals surface area contributed by atoms with Crippen LogP contribution in [0.2, 0.25) is 0 Å². The maximum absolute atomic E-state index is 3.56. The maximum atomic E-state index is 3.56. The molecule has 1 aliphatic carbocycles. The number of hydrogen-bond acceptors (Lipinski definition) is 0. The Morgan fingerprint density at radius 2 is 2.27 bits per heavy atom. The quantitative estimate of drug-likeness (QED) is 0.701. The van der Waals surface area contributed by atoms with Crippen LogP contribution < -0.4 is 0 Å². The third-order valence-corrected chi connectivity index (χ3v) is 2.88. The molecule has 1 aliphatic rings. The summed E-state index contributed by atoms with van der Waals surface area (Å²) in [6.07, 6.45) is 7.15. The summed E-state index contributed by atoms with van der Waals surface area (Å²) in [5.41, 5.74) is 2.57. The fourth-order valence-corrected chi connectivity index (χ4v) is 2.11. The highest BCUT2D eigenvalue weighted by atomic mass is 79.9. The molecule has 0 aliphatic heterocycles. The van der Waals surface area contributed by atoms with E-state index in [0.29, 0.717) is 0 Å². The lowest BCUT2D eigenvalue weighted by molar-refractivity contribution is 0.977. The Labute approximate surface area is 82.1 Å². The molecule has 0 spiro atoms. The molecule has 1 aromatic rings. The molecule has 1 N–H and O–H groups in total. The van der Waals surface area contributed by atoms with Crippen molar-refractivity contribution in [1.29, 1.82) is 0 Å². The standard InChI is InChI=1S/C8H7Br2N/c9-8(10)3-1-7-6(5-8)2-4-11-7/h1-4,11H,5H2. The fourth-order valence-electron chi connectivity index (χ4n) is 1.24. The zero-order valence-electron chi connectivity index (χ0n) is 5.77. The van der Waals surface area contributed by atoms with Crippen LogP contribution in [0.25, 0.3) is 6.08 Å². The van der Waals surface area contributed by atoms with Gasteiger partial charge in [0.25, 0.3) is 0 Å². The molecule has 0 fully saturated rings. The predicted octanol–water partition coefficient (Wildman–Crippen LogP) is 3.07. The number of H-pyrrole nitrogens is 1. The summed E-state index contributed by atoms with van der Waals surface area (Å²) < 4.78 is -0.0325. The SMILES string of the molecule is BrC1(Br)C=Cc2[nH]ccc2C1. The molecule has 58 valence electrons. The third kappa shape index (κ3) is 1.44. The summed E-state index contributed by atoms with van der Waals surface area (Å²) >= 11 is 7.13. The van der Waals surface area contributed by atoms with E-state index >= 15 is 0 Å². The minimum atomic E-state index is -0.0325. The van der Waals surface area contributed by atoms with Gasteiger partial charge in [-0.3, -0.25) is 0 Å². The van der Waals surface area contributed by atoms with Crippen molar-refractivity contribution in [3.05, 3.63) is 29.6 Å². The second-order valence-corrected chi connectivity index (χ2v) is 6.58. The first kappa shape index (κ1) is 7.62. The van der Waals surface area contributed by atoms with E-state index in [9.17, 15) is 0 Å². The number of rotatable bonds is 0. The van der Waals surface area contributed by atoms with Gasteiger partial charge in [0.15, 0.2) is 0 Å². The minimum absolute atomic E-state index is 0.0325. The number of fused-ring (bicyclic) bond motifs is 1. The van der Waals surface area contributed by atoms with E-state index in [4.69, 9.17) is 0 Å². The van der Waals surface area contributed by atoms with Gasteiger partial charge in [0.2, 0.25) is 0 Å². The Bertz CT molecular complexity index is 299. The normalized spacial score (nSPS) is 19.8. The van der Waals surface area contributed by atoms with Crippen LogP contribution in [-0.2, 0) is 6.42 Å². The molecule has 11 heavy (non-hydrogen) atoms. The van der Waals surface area contributed by atoms with Crippen LogP contribution >= 0.6 is 31.9 Å². The van der Waals surface area contributed by atoms with Crippen molar-refractivity contribution in [2.24, 2.45) is 0 Å². The van der Waals surface area contributed by atoms with E-state index in [1.54, 1.807) is 0 Å². The van der Waals surface area contributed by atoms with Crippen LogP contribution in [0.3, 0.4) is 0 Å². The van der Waals surface area contributed by atoms with Gasteiger partial charge in [-0.05, 0) is 17.7 Å². The second-order valence-electron chi connectivity index (χ2n) is 2.69. The molecule has 0 saturated heterocycles. The predicted molar refractivity (Wildman–Crippen MR) is 54.1 cm³/mol. The fraction of sp³-hybridized carbons (Fsp3) is 0.250. The zero-order valence-corrected chi connectivity index (χ0v) is 8.94. The van der Waals surface area contributed by atoms with Crippen LogP contribution in [-0.4, -0.2) is 8.22 Å². The molecule has 1 heterocycles. The molecule has 3 heteroatoms. The second kappa shape index (κ2) is 2.49. The molecule has 0 aromatic carbocycles. The lowest BCUT2D eigenvalue weighted by Gasteiger charge is -2.19. The first-order valence-corrected chi connectivity index (χ1v) is 4.99. The first-order chi connectivity index (χ1) is 5.17. The van der Waals surface area contributed by atoms with Crippen molar-refractivity contribution in [2.45, 2.75) is 9.65 Å². The Balaban J connectivity index is 2.44. The summed E-state index contributed by atoms with van der Waals surface area (Å²) in [5, 5.41) is 0. The van der Waals surface area contributed by atoms with Gasteiger partial charge in [-0.2, -0.15) is 0 Å². The van der Waals surface area contributed by atoms with Gasteiger partial charge in [-0.1, -0.05) is 37.9 Å². The van der Waals surface area contributed by atoms with Gasteiger partial charge in [0, 0.05) is 18.3 Å². The summed E-state index contributed by atoms with van der Waals surface area (Å²) in [4.78, 5) is 3.17. The largest absolute Gasteiger partial charge is 0.361 e. The number of alkyl halides is 2. The minimum Gasteiger partial charge on any atom is -0.361 e. The first-order valence-electron chi connectivity index (χ1n) is 3.41. The number of halogens is 2. The smallest absolute Gasteiger partial charge is 0.103 e. The third-order valence-electron chi connectivity index (χ3n) is 1.79. The van der Waals surface area contributed by atoms with Gasteiger partial charge >= 0.3 is 0 Å². The molecular weight excluding hydrogens is 270 g/mol. The topological polar surface area (TPSA) is 15.8 Å². The molecule has 0 bridgehead atoms. The molecule has 2 rings (SSSR count). The summed E-state index contributed by atoms with van der Waals surface area (Å²) in [6.45, 7) is 0. The number of nitrogens with one attached hydrogen (secondary N) is 1. The molecule has 1 aromatic heterocycles. The number of allylic oxidation sites excluding steroid dienone is 1. The van der Waals surface area contributed by atoms with Gasteiger partial charge in [0.1, 0.15) is 3.23 Å². The van der Waals surface area contributed by atoms with Gasteiger partial charge in [-0.15, -0.1) is 0 Å². The van der Waals surface area contributed by atoms with Crippen molar-refractivity contribution in [2.75, 3.05) is 0 Å². The Morgan fingerprint density at radius 3 is 3.09 bits per heavy atom. The molecule has 0 atom stereocenters. The summed E-state index contributed by atoms with van der Waals surface area (Å²) in [5.74, 6) is 0. The van der Waals surface area contributed by atoms with Crippen molar-refractivity contribution in [3.63, 3.8) is 0 Å². The van der Waals surface area contributed by atoms with Crippen molar-refractivity contribution < 1.29 is 0 Å². The van der Waals surface area contributed by atoms with Crippen LogP contribution in [0.1, 0.15) is 11.3 Å². The molecule has 0 saturated carbocycles. The maximum Gasteiger partial charge on any atom is 0.103 e. The van der Waals surface area contributed by atoms with Crippen LogP contribution in [0.4, 0.5) is 0 Å². The zero-order chi connectivity index (χ0) is 7.90. The van der Waals surface area contributed by atoms with E-state index in [-0.39, 0.29) is 3.23 Å². The van der Waals surface area contributed by atoms with Gasteiger partial charge in [0.05, 0.1) is 0 Å². The number of hydrogen-bond donors (Lipinski definition) is 1. The monoisotopic (exact) mass is 275 g/mol. The van der Waals surface area contributed by atoms with Crippen LogP contribution in [0, 0.1) is 0 Å². The molecule has 1 nitrogen and oxygen atoms in total. The van der Waals surface area contributed by atoms with Crippen molar-refractivity contribution in [1.82, 2.24) is 4.98 Å². The van der Waals surface area contributed by atoms with E-state index in [1.807, 2.05) is 6.20 Å². The lowest BCUT2D eigenvalue weighted by atomic mass is 10.1. The van der Waals surface area contributed by atoms with Crippen molar-refractivity contribution in [3.8, 4) is 0 Å². The molecule has 0 unspecified atom stereocenters. The number of aromatic amines is 1. The highest BCUT2D eigenvalue weighted by Crippen LogP contribution is 2.36.